The van der Waals surface area contributed by atoms with Crippen LogP contribution in [0.15, 0.2) is 88.1 Å². The lowest BCUT2D eigenvalue weighted by atomic mass is 10.1. The molecule has 0 aliphatic heterocycles. The Morgan fingerprint density at radius 3 is 2.52 bits per heavy atom. The summed E-state index contributed by atoms with van der Waals surface area (Å²) in [4.78, 5) is 4.42. The van der Waals surface area contributed by atoms with Gasteiger partial charge in [0.1, 0.15) is 5.82 Å². The Morgan fingerprint density at radius 1 is 1.00 bits per heavy atom. The summed E-state index contributed by atoms with van der Waals surface area (Å²) in [5.74, 6) is -0.199. The standard InChI is InChI=1S/C21H13FN6S/c22-16-5-1-2-6-17(16)25-26-20(15-11-9-14(13-23)10-12-15)27-28-21-24-18-7-3-4-8-19(18)29-21/h1-12,25H. The fourth-order valence-electron chi connectivity index (χ4n) is 2.50. The number of anilines is 1. The van der Waals surface area contributed by atoms with Gasteiger partial charge in [0, 0.05) is 5.56 Å². The molecule has 0 amide bonds. The summed E-state index contributed by atoms with van der Waals surface area (Å²) in [5.41, 5.74) is 4.87. The van der Waals surface area contributed by atoms with Gasteiger partial charge in [0.2, 0.25) is 11.0 Å². The SMILES string of the molecule is N#Cc1ccc(C(N=Nc2nc3ccccc3s2)=NNc2ccccc2F)cc1. The number of nitrogens with zero attached hydrogens (tertiary/aromatic N) is 5. The summed E-state index contributed by atoms with van der Waals surface area (Å²) >= 11 is 1.41. The van der Waals surface area contributed by atoms with Crippen molar-refractivity contribution in [3.63, 3.8) is 0 Å². The number of nitriles is 1. The predicted molar refractivity (Wildman–Crippen MR) is 112 cm³/mol. The molecule has 0 radical (unpaired) electrons. The molecule has 8 heteroatoms. The highest BCUT2D eigenvalue weighted by atomic mass is 32.1. The van der Waals surface area contributed by atoms with E-state index in [9.17, 15) is 4.39 Å². The second-order valence-corrected chi connectivity index (χ2v) is 6.89. The largest absolute Gasteiger partial charge is 0.273 e. The van der Waals surface area contributed by atoms with Crippen LogP contribution in [0.4, 0.5) is 15.2 Å². The summed E-state index contributed by atoms with van der Waals surface area (Å²) in [6.45, 7) is 0. The average Bonchev–Trinajstić information content (AvgIpc) is 3.18. The minimum Gasteiger partial charge on any atom is -0.273 e. The number of hydrogen-bond donors (Lipinski definition) is 1. The first-order chi connectivity index (χ1) is 14.2. The van der Waals surface area contributed by atoms with Crippen LogP contribution in [-0.4, -0.2) is 10.8 Å². The Kier molecular flexibility index (Phi) is 5.31. The third-order valence-corrected chi connectivity index (χ3v) is 4.86. The topological polar surface area (TPSA) is 85.8 Å². The number of hydrogen-bond acceptors (Lipinski definition) is 6. The van der Waals surface area contributed by atoms with Crippen molar-refractivity contribution in [3.8, 4) is 6.07 Å². The molecular formula is C21H13FN6S. The lowest BCUT2D eigenvalue weighted by molar-refractivity contribution is 0.630. The number of fused-ring (bicyclic) bond motifs is 1. The number of amidine groups is 1. The van der Waals surface area contributed by atoms with E-state index < -0.39 is 5.82 Å². The molecule has 0 atom stereocenters. The number of halogens is 1. The van der Waals surface area contributed by atoms with E-state index in [-0.39, 0.29) is 11.5 Å². The fourth-order valence-corrected chi connectivity index (χ4v) is 3.28. The van der Waals surface area contributed by atoms with Gasteiger partial charge in [-0.15, -0.1) is 10.2 Å². The molecule has 140 valence electrons. The van der Waals surface area contributed by atoms with Crippen LogP contribution in [0.3, 0.4) is 0 Å². The molecule has 0 unspecified atom stereocenters. The third-order valence-electron chi connectivity index (χ3n) is 3.94. The van der Waals surface area contributed by atoms with Crippen molar-refractivity contribution >= 4 is 38.2 Å². The summed E-state index contributed by atoms with van der Waals surface area (Å²) in [6.07, 6.45) is 0. The molecule has 1 aromatic heterocycles. The first-order valence-corrected chi connectivity index (χ1v) is 9.41. The summed E-state index contributed by atoms with van der Waals surface area (Å²) in [6, 6.07) is 22.7. The molecular weight excluding hydrogens is 387 g/mol. The van der Waals surface area contributed by atoms with Gasteiger partial charge >= 0.3 is 0 Å². The number of azo groups is 1. The fraction of sp³-hybridized carbons (Fsp3) is 0. The number of rotatable bonds is 4. The highest BCUT2D eigenvalue weighted by molar-refractivity contribution is 7.21. The molecule has 0 aliphatic rings. The molecule has 0 aliphatic carbocycles. The van der Waals surface area contributed by atoms with Gasteiger partial charge in [-0.05, 0) is 48.5 Å². The highest BCUT2D eigenvalue weighted by Crippen LogP contribution is 2.28. The monoisotopic (exact) mass is 400 g/mol. The summed E-state index contributed by atoms with van der Waals surface area (Å²) in [5, 5.41) is 22.1. The van der Waals surface area contributed by atoms with Gasteiger partial charge in [0.15, 0.2) is 0 Å². The molecule has 0 saturated heterocycles. The van der Waals surface area contributed by atoms with Gasteiger partial charge in [0.25, 0.3) is 0 Å². The second-order valence-electron chi connectivity index (χ2n) is 5.88. The molecule has 3 aromatic carbocycles. The van der Waals surface area contributed by atoms with E-state index in [1.54, 1.807) is 42.5 Å². The van der Waals surface area contributed by atoms with Crippen molar-refractivity contribution in [2.24, 2.45) is 15.3 Å². The molecule has 29 heavy (non-hydrogen) atoms. The first kappa shape index (κ1) is 18.4. The lowest BCUT2D eigenvalue weighted by Crippen LogP contribution is -2.02. The van der Waals surface area contributed by atoms with Crippen molar-refractivity contribution in [2.45, 2.75) is 0 Å². The number of hydrazone groups is 1. The van der Waals surface area contributed by atoms with Gasteiger partial charge in [-0.1, -0.05) is 35.6 Å². The number of benzene rings is 3. The maximum Gasteiger partial charge on any atom is 0.231 e. The molecule has 0 fully saturated rings. The molecule has 1 heterocycles. The Morgan fingerprint density at radius 2 is 1.76 bits per heavy atom. The van der Waals surface area contributed by atoms with E-state index in [2.05, 4.69) is 31.8 Å². The quantitative estimate of drug-likeness (QED) is 0.201. The Bertz CT molecular complexity index is 1220. The molecule has 4 aromatic rings. The zero-order valence-electron chi connectivity index (χ0n) is 15.0. The van der Waals surface area contributed by atoms with E-state index in [4.69, 9.17) is 5.26 Å². The van der Waals surface area contributed by atoms with Crippen LogP contribution < -0.4 is 5.43 Å². The minimum atomic E-state index is -0.432. The van der Waals surface area contributed by atoms with Crippen LogP contribution in [0.25, 0.3) is 10.2 Å². The van der Waals surface area contributed by atoms with Crippen LogP contribution in [0.5, 0.6) is 0 Å². The highest BCUT2D eigenvalue weighted by Gasteiger charge is 2.07. The Hall–Kier alpha value is -3.96. The van der Waals surface area contributed by atoms with Crippen LogP contribution in [-0.2, 0) is 0 Å². The zero-order chi connectivity index (χ0) is 20.1. The van der Waals surface area contributed by atoms with E-state index in [0.29, 0.717) is 16.3 Å². The van der Waals surface area contributed by atoms with E-state index in [1.165, 1.54) is 17.4 Å². The molecule has 6 nitrogen and oxygen atoms in total. The Balaban J connectivity index is 1.67. The van der Waals surface area contributed by atoms with Crippen LogP contribution >= 0.6 is 11.3 Å². The molecule has 4 rings (SSSR count). The van der Waals surface area contributed by atoms with Crippen molar-refractivity contribution < 1.29 is 4.39 Å². The van der Waals surface area contributed by atoms with Crippen molar-refractivity contribution in [2.75, 3.05) is 5.43 Å². The van der Waals surface area contributed by atoms with Gasteiger partial charge in [0.05, 0.1) is 27.5 Å². The maximum atomic E-state index is 13.9. The van der Waals surface area contributed by atoms with E-state index in [0.717, 1.165) is 10.2 Å². The zero-order valence-corrected chi connectivity index (χ0v) is 15.8. The van der Waals surface area contributed by atoms with Crippen LogP contribution in [0, 0.1) is 17.1 Å². The van der Waals surface area contributed by atoms with E-state index in [1.807, 2.05) is 24.3 Å². The minimum absolute atomic E-state index is 0.217. The van der Waals surface area contributed by atoms with Crippen LogP contribution in [0.1, 0.15) is 11.1 Å². The smallest absolute Gasteiger partial charge is 0.231 e. The van der Waals surface area contributed by atoms with Crippen molar-refractivity contribution in [1.82, 2.24) is 4.98 Å². The van der Waals surface area contributed by atoms with Gasteiger partial charge in [-0.25, -0.2) is 9.37 Å². The molecule has 0 saturated carbocycles. The molecule has 1 N–H and O–H groups in total. The predicted octanol–water partition coefficient (Wildman–Crippen LogP) is 5.86. The maximum absolute atomic E-state index is 13.9. The molecule has 0 spiro atoms. The van der Waals surface area contributed by atoms with Crippen molar-refractivity contribution in [3.05, 3.63) is 89.7 Å². The molecule has 0 bridgehead atoms. The number of para-hydroxylation sites is 2. The number of thiazole rings is 1. The van der Waals surface area contributed by atoms with Crippen LogP contribution in [0.2, 0.25) is 0 Å². The normalized spacial score (nSPS) is 11.7. The van der Waals surface area contributed by atoms with Gasteiger partial charge < -0.3 is 0 Å². The van der Waals surface area contributed by atoms with Crippen molar-refractivity contribution in [1.29, 1.82) is 5.26 Å². The number of aromatic nitrogens is 1. The summed E-state index contributed by atoms with van der Waals surface area (Å²) in [7, 11) is 0. The number of nitrogens with one attached hydrogen (secondary N) is 1. The van der Waals surface area contributed by atoms with E-state index >= 15 is 0 Å². The van der Waals surface area contributed by atoms with Gasteiger partial charge in [-0.3, -0.25) is 5.43 Å². The van der Waals surface area contributed by atoms with Gasteiger partial charge in [-0.2, -0.15) is 10.4 Å². The summed E-state index contributed by atoms with van der Waals surface area (Å²) < 4.78 is 14.9. The second kappa shape index (κ2) is 8.37. The Labute approximate surface area is 169 Å². The third kappa shape index (κ3) is 4.31. The first-order valence-electron chi connectivity index (χ1n) is 8.59. The lowest BCUT2D eigenvalue weighted by Gasteiger charge is -2.04. The average molecular weight is 400 g/mol.